The molecule has 2 unspecified atom stereocenters. The number of benzene rings is 1. The Labute approximate surface area is 119 Å². The van der Waals surface area contributed by atoms with Crippen LogP contribution in [0.2, 0.25) is 0 Å². The summed E-state index contributed by atoms with van der Waals surface area (Å²) >= 11 is 0. The lowest BCUT2D eigenvalue weighted by molar-refractivity contribution is 0.0574. The SMILES string of the molecule is CC1OCCC1N(C)C(=O)c1cccc(C#CCN)c1. The largest absolute Gasteiger partial charge is 0.376 e. The van der Waals surface area contributed by atoms with Gasteiger partial charge in [-0.15, -0.1) is 0 Å². The first-order chi connectivity index (χ1) is 9.63. The van der Waals surface area contributed by atoms with Crippen molar-refractivity contribution in [3.05, 3.63) is 35.4 Å². The summed E-state index contributed by atoms with van der Waals surface area (Å²) in [5, 5.41) is 0. The van der Waals surface area contributed by atoms with Gasteiger partial charge in [-0.05, 0) is 31.5 Å². The number of ether oxygens (including phenoxy) is 1. The van der Waals surface area contributed by atoms with Crippen molar-refractivity contribution in [1.82, 2.24) is 4.90 Å². The Bertz CT molecular complexity index is 545. The van der Waals surface area contributed by atoms with Crippen molar-refractivity contribution < 1.29 is 9.53 Å². The van der Waals surface area contributed by atoms with Gasteiger partial charge in [0.1, 0.15) is 0 Å². The van der Waals surface area contributed by atoms with Gasteiger partial charge in [0.15, 0.2) is 0 Å². The number of hydrogen-bond donors (Lipinski definition) is 1. The van der Waals surface area contributed by atoms with E-state index in [9.17, 15) is 4.79 Å². The van der Waals surface area contributed by atoms with Gasteiger partial charge in [-0.1, -0.05) is 17.9 Å². The smallest absolute Gasteiger partial charge is 0.253 e. The number of carbonyl (C=O) groups excluding carboxylic acids is 1. The van der Waals surface area contributed by atoms with E-state index in [-0.39, 0.29) is 18.1 Å². The molecule has 1 aromatic carbocycles. The topological polar surface area (TPSA) is 55.6 Å². The zero-order chi connectivity index (χ0) is 14.5. The Hall–Kier alpha value is -1.83. The van der Waals surface area contributed by atoms with E-state index in [0.29, 0.717) is 18.7 Å². The third-order valence-electron chi connectivity index (χ3n) is 3.60. The maximum absolute atomic E-state index is 12.5. The van der Waals surface area contributed by atoms with Crippen molar-refractivity contribution in [3.8, 4) is 11.8 Å². The van der Waals surface area contributed by atoms with E-state index in [1.54, 1.807) is 4.90 Å². The van der Waals surface area contributed by atoms with E-state index in [2.05, 4.69) is 11.8 Å². The Morgan fingerprint density at radius 2 is 2.35 bits per heavy atom. The molecular weight excluding hydrogens is 252 g/mol. The summed E-state index contributed by atoms with van der Waals surface area (Å²) in [6, 6.07) is 7.48. The predicted molar refractivity (Wildman–Crippen MR) is 78.3 cm³/mol. The van der Waals surface area contributed by atoms with Gasteiger partial charge in [0.2, 0.25) is 0 Å². The van der Waals surface area contributed by atoms with E-state index in [0.717, 1.165) is 12.0 Å². The quantitative estimate of drug-likeness (QED) is 0.824. The molecular formula is C16H20N2O2. The highest BCUT2D eigenvalue weighted by molar-refractivity contribution is 5.94. The minimum Gasteiger partial charge on any atom is -0.376 e. The lowest BCUT2D eigenvalue weighted by atomic mass is 10.1. The van der Waals surface area contributed by atoms with Gasteiger partial charge in [0, 0.05) is 24.8 Å². The van der Waals surface area contributed by atoms with Crippen LogP contribution in [0.5, 0.6) is 0 Å². The van der Waals surface area contributed by atoms with Crippen LogP contribution in [-0.2, 0) is 4.74 Å². The fourth-order valence-electron chi connectivity index (χ4n) is 2.47. The van der Waals surface area contributed by atoms with E-state index >= 15 is 0 Å². The second-order valence-electron chi connectivity index (χ2n) is 4.93. The minimum atomic E-state index is 0.00347. The third-order valence-corrected chi connectivity index (χ3v) is 3.60. The molecule has 1 aromatic rings. The standard InChI is InChI=1S/C16H20N2O2/c1-12-15(8-10-20-12)18(2)16(19)14-7-3-5-13(11-14)6-4-9-17/h3,5,7,11-12,15H,8-10,17H2,1-2H3. The fourth-order valence-corrected chi connectivity index (χ4v) is 2.47. The molecule has 0 aromatic heterocycles. The molecule has 0 aliphatic carbocycles. The van der Waals surface area contributed by atoms with Crippen LogP contribution in [0.1, 0.15) is 29.3 Å². The van der Waals surface area contributed by atoms with Crippen LogP contribution in [-0.4, -0.2) is 43.2 Å². The van der Waals surface area contributed by atoms with E-state index in [4.69, 9.17) is 10.5 Å². The highest BCUT2D eigenvalue weighted by atomic mass is 16.5. The molecule has 4 nitrogen and oxygen atoms in total. The van der Waals surface area contributed by atoms with Crippen molar-refractivity contribution in [2.24, 2.45) is 5.73 Å². The van der Waals surface area contributed by atoms with Crippen LogP contribution in [0.4, 0.5) is 0 Å². The Morgan fingerprint density at radius 3 is 3.00 bits per heavy atom. The first kappa shape index (κ1) is 14.6. The molecule has 1 aliphatic heterocycles. The zero-order valence-electron chi connectivity index (χ0n) is 11.9. The van der Waals surface area contributed by atoms with Crippen molar-refractivity contribution in [3.63, 3.8) is 0 Å². The summed E-state index contributed by atoms with van der Waals surface area (Å²) in [7, 11) is 1.83. The molecule has 0 bridgehead atoms. The Kier molecular flexibility index (Phi) is 4.78. The van der Waals surface area contributed by atoms with Gasteiger partial charge in [0.05, 0.1) is 18.7 Å². The van der Waals surface area contributed by atoms with Crippen molar-refractivity contribution in [1.29, 1.82) is 0 Å². The summed E-state index contributed by atoms with van der Waals surface area (Å²) in [5.41, 5.74) is 6.82. The molecule has 1 fully saturated rings. The maximum Gasteiger partial charge on any atom is 0.253 e. The maximum atomic E-state index is 12.5. The minimum absolute atomic E-state index is 0.00347. The van der Waals surface area contributed by atoms with Gasteiger partial charge in [0.25, 0.3) is 5.91 Å². The van der Waals surface area contributed by atoms with Crippen molar-refractivity contribution >= 4 is 5.91 Å². The molecule has 2 atom stereocenters. The fraction of sp³-hybridized carbons (Fsp3) is 0.438. The summed E-state index contributed by atoms with van der Waals surface area (Å²) < 4.78 is 5.52. The Balaban J connectivity index is 2.16. The van der Waals surface area contributed by atoms with E-state index in [1.807, 2.05) is 38.2 Å². The monoisotopic (exact) mass is 272 g/mol. The molecule has 1 saturated heterocycles. The highest BCUT2D eigenvalue weighted by Gasteiger charge is 2.30. The van der Waals surface area contributed by atoms with Crippen LogP contribution in [0, 0.1) is 11.8 Å². The third kappa shape index (κ3) is 3.19. The summed E-state index contributed by atoms with van der Waals surface area (Å²) in [5.74, 6) is 5.74. The van der Waals surface area contributed by atoms with Gasteiger partial charge in [-0.2, -0.15) is 0 Å². The van der Waals surface area contributed by atoms with Gasteiger partial charge >= 0.3 is 0 Å². The molecule has 2 N–H and O–H groups in total. The average molecular weight is 272 g/mol. The summed E-state index contributed by atoms with van der Waals surface area (Å²) in [6.45, 7) is 3.03. The number of hydrogen-bond acceptors (Lipinski definition) is 3. The molecule has 1 heterocycles. The number of carbonyl (C=O) groups is 1. The van der Waals surface area contributed by atoms with Crippen LogP contribution in [0.15, 0.2) is 24.3 Å². The molecule has 0 radical (unpaired) electrons. The van der Waals surface area contributed by atoms with Crippen LogP contribution < -0.4 is 5.73 Å². The lowest BCUT2D eigenvalue weighted by Crippen LogP contribution is -2.41. The van der Waals surface area contributed by atoms with Gasteiger partial charge < -0.3 is 15.4 Å². The predicted octanol–water partition coefficient (Wildman–Crippen LogP) is 1.25. The van der Waals surface area contributed by atoms with Crippen molar-refractivity contribution in [2.75, 3.05) is 20.2 Å². The second-order valence-corrected chi connectivity index (χ2v) is 4.93. The molecule has 2 rings (SSSR count). The number of likely N-dealkylation sites (N-methyl/N-ethyl adjacent to an activating group) is 1. The van der Waals surface area contributed by atoms with E-state index < -0.39 is 0 Å². The molecule has 4 heteroatoms. The highest BCUT2D eigenvalue weighted by Crippen LogP contribution is 2.20. The second kappa shape index (κ2) is 6.56. The zero-order valence-corrected chi connectivity index (χ0v) is 11.9. The number of nitrogens with zero attached hydrogens (tertiary/aromatic N) is 1. The molecule has 1 amide bonds. The van der Waals surface area contributed by atoms with E-state index in [1.165, 1.54) is 0 Å². The summed E-state index contributed by atoms with van der Waals surface area (Å²) in [6.07, 6.45) is 0.972. The average Bonchev–Trinajstić information content (AvgIpc) is 2.90. The van der Waals surface area contributed by atoms with Gasteiger partial charge in [-0.25, -0.2) is 0 Å². The number of amides is 1. The molecule has 106 valence electrons. The lowest BCUT2D eigenvalue weighted by Gasteiger charge is -2.26. The normalized spacial score (nSPS) is 21.1. The van der Waals surface area contributed by atoms with Crippen LogP contribution >= 0.6 is 0 Å². The first-order valence-corrected chi connectivity index (χ1v) is 6.81. The molecule has 1 aliphatic rings. The number of nitrogens with two attached hydrogens (primary N) is 1. The van der Waals surface area contributed by atoms with Gasteiger partial charge in [-0.3, -0.25) is 4.79 Å². The number of rotatable bonds is 2. The first-order valence-electron chi connectivity index (χ1n) is 6.81. The molecule has 0 saturated carbocycles. The molecule has 20 heavy (non-hydrogen) atoms. The summed E-state index contributed by atoms with van der Waals surface area (Å²) in [4.78, 5) is 14.3. The van der Waals surface area contributed by atoms with Crippen molar-refractivity contribution in [2.45, 2.75) is 25.5 Å². The van der Waals surface area contributed by atoms with Crippen LogP contribution in [0.3, 0.4) is 0 Å². The van der Waals surface area contributed by atoms with Crippen LogP contribution in [0.25, 0.3) is 0 Å². The Morgan fingerprint density at radius 1 is 1.55 bits per heavy atom. The molecule has 0 spiro atoms.